The van der Waals surface area contributed by atoms with Gasteiger partial charge in [0.25, 0.3) is 0 Å². The largest absolute Gasteiger partial charge is 0.478 e. The number of hydrogen-bond donors (Lipinski definition) is 2. The summed E-state index contributed by atoms with van der Waals surface area (Å²) in [5.74, 6) is 0.378. The highest BCUT2D eigenvalue weighted by molar-refractivity contribution is 7.83. The van der Waals surface area contributed by atoms with Crippen LogP contribution in [-0.2, 0) is 17.5 Å². The third-order valence-corrected chi connectivity index (χ3v) is 7.79. The van der Waals surface area contributed by atoms with E-state index in [9.17, 15) is 14.1 Å². The van der Waals surface area contributed by atoms with Crippen LogP contribution in [0, 0.1) is 0 Å². The lowest BCUT2D eigenvalue weighted by molar-refractivity contribution is 0.0697. The van der Waals surface area contributed by atoms with E-state index in [4.69, 9.17) is 28.2 Å². The summed E-state index contributed by atoms with van der Waals surface area (Å²) in [5, 5.41) is 10.3. The number of hydrogen-bond acceptors (Lipinski definition) is 3. The molecule has 0 saturated carbocycles. The van der Waals surface area contributed by atoms with Crippen LogP contribution in [0.1, 0.15) is 41.5 Å². The van der Waals surface area contributed by atoms with Crippen LogP contribution in [0.3, 0.4) is 0 Å². The molecule has 9 heteroatoms. The number of carboxylic acid groups (broad SMARTS) is 1. The first-order chi connectivity index (χ1) is 18.8. The molecule has 2 N–H and O–H groups in total. The SMILES string of the molecule is CCCCS(=O)NC1C=CC=C(/C=C/c2nc(-c3ccc(Cl)cc3Cl)cn2Cc2ccc(C(=O)O)cc2)C=C1. The lowest BCUT2D eigenvalue weighted by atomic mass is 10.1. The lowest BCUT2D eigenvalue weighted by Gasteiger charge is -2.09. The highest BCUT2D eigenvalue weighted by Gasteiger charge is 2.13. The predicted octanol–water partition coefficient (Wildman–Crippen LogP) is 7.09. The van der Waals surface area contributed by atoms with Gasteiger partial charge in [-0.25, -0.2) is 18.7 Å². The number of aromatic carboxylic acids is 1. The average molecular weight is 583 g/mol. The molecule has 2 aromatic carbocycles. The molecule has 1 heterocycles. The number of allylic oxidation sites excluding steroid dienone is 5. The topological polar surface area (TPSA) is 84.2 Å². The molecule has 1 aliphatic carbocycles. The van der Waals surface area contributed by atoms with Gasteiger partial charge in [0.15, 0.2) is 0 Å². The van der Waals surface area contributed by atoms with E-state index in [0.29, 0.717) is 33.9 Å². The highest BCUT2D eigenvalue weighted by atomic mass is 35.5. The predicted molar refractivity (Wildman–Crippen MR) is 160 cm³/mol. The van der Waals surface area contributed by atoms with Crippen LogP contribution in [0.4, 0.5) is 0 Å². The third-order valence-electron chi connectivity index (χ3n) is 6.05. The molecule has 0 bridgehead atoms. The van der Waals surface area contributed by atoms with Gasteiger partial charge in [0, 0.05) is 29.1 Å². The van der Waals surface area contributed by atoms with E-state index in [1.54, 1.807) is 36.4 Å². The van der Waals surface area contributed by atoms with E-state index in [1.807, 2.05) is 59.4 Å². The van der Waals surface area contributed by atoms with Crippen LogP contribution in [0.5, 0.6) is 0 Å². The summed E-state index contributed by atoms with van der Waals surface area (Å²) in [6.45, 7) is 2.57. The molecule has 0 saturated heterocycles. The van der Waals surface area contributed by atoms with Gasteiger partial charge in [0.05, 0.1) is 33.3 Å². The van der Waals surface area contributed by atoms with Gasteiger partial charge in [-0.05, 0) is 54.0 Å². The van der Waals surface area contributed by atoms with Gasteiger partial charge in [-0.3, -0.25) is 0 Å². The number of halogens is 2. The molecule has 6 nitrogen and oxygen atoms in total. The number of imidazole rings is 1. The summed E-state index contributed by atoms with van der Waals surface area (Å²) in [4.78, 5) is 16.1. The van der Waals surface area contributed by atoms with E-state index < -0.39 is 17.0 Å². The Morgan fingerprint density at radius 3 is 2.67 bits per heavy atom. The molecule has 0 fully saturated rings. The average Bonchev–Trinajstić information content (AvgIpc) is 3.16. The molecule has 202 valence electrons. The van der Waals surface area contributed by atoms with Crippen molar-refractivity contribution in [1.29, 1.82) is 0 Å². The fourth-order valence-electron chi connectivity index (χ4n) is 3.93. The van der Waals surface area contributed by atoms with Gasteiger partial charge in [-0.1, -0.05) is 85.1 Å². The first-order valence-corrected chi connectivity index (χ1v) is 14.6. The molecule has 1 aliphatic rings. The summed E-state index contributed by atoms with van der Waals surface area (Å²) in [6, 6.07) is 12.0. The molecule has 0 aliphatic heterocycles. The molecule has 1 aromatic heterocycles. The fourth-order valence-corrected chi connectivity index (χ4v) is 5.57. The van der Waals surface area contributed by atoms with Crippen molar-refractivity contribution in [3.05, 3.63) is 118 Å². The van der Waals surface area contributed by atoms with Crippen LogP contribution in [0.15, 0.2) is 90.7 Å². The van der Waals surface area contributed by atoms with Crippen LogP contribution in [-0.4, -0.2) is 36.6 Å². The molecule has 0 radical (unpaired) electrons. The maximum atomic E-state index is 12.2. The molecule has 0 spiro atoms. The molecular formula is C30H29Cl2N3O3S. The van der Waals surface area contributed by atoms with Gasteiger partial charge >= 0.3 is 5.97 Å². The summed E-state index contributed by atoms with van der Waals surface area (Å²) in [5.41, 5.74) is 3.59. The third kappa shape index (κ3) is 8.13. The van der Waals surface area contributed by atoms with Crippen LogP contribution in [0.2, 0.25) is 10.0 Å². The molecule has 2 unspecified atom stereocenters. The number of nitrogens with one attached hydrogen (secondary N) is 1. The van der Waals surface area contributed by atoms with E-state index in [2.05, 4.69) is 11.6 Å². The summed E-state index contributed by atoms with van der Waals surface area (Å²) < 4.78 is 17.3. The monoisotopic (exact) mass is 581 g/mol. The van der Waals surface area contributed by atoms with Gasteiger partial charge in [0.1, 0.15) is 5.82 Å². The van der Waals surface area contributed by atoms with Crippen molar-refractivity contribution in [1.82, 2.24) is 14.3 Å². The number of unbranched alkanes of at least 4 members (excludes halogenated alkanes) is 1. The fraction of sp³-hybridized carbons (Fsp3) is 0.200. The van der Waals surface area contributed by atoms with Crippen molar-refractivity contribution in [3.63, 3.8) is 0 Å². The van der Waals surface area contributed by atoms with Crippen LogP contribution in [0.25, 0.3) is 17.3 Å². The zero-order valence-electron chi connectivity index (χ0n) is 21.4. The Hall–Kier alpha value is -3.23. The summed E-state index contributed by atoms with van der Waals surface area (Å²) in [7, 11) is -1.07. The molecule has 3 aromatic rings. The van der Waals surface area contributed by atoms with Crippen molar-refractivity contribution in [2.45, 2.75) is 32.4 Å². The maximum absolute atomic E-state index is 12.2. The first-order valence-electron chi connectivity index (χ1n) is 12.6. The van der Waals surface area contributed by atoms with Gasteiger partial charge < -0.3 is 9.67 Å². The van der Waals surface area contributed by atoms with Crippen molar-refractivity contribution in [2.24, 2.45) is 0 Å². The second-order valence-corrected chi connectivity index (χ2v) is 11.2. The van der Waals surface area contributed by atoms with Gasteiger partial charge in [-0.2, -0.15) is 0 Å². The number of aromatic nitrogens is 2. The maximum Gasteiger partial charge on any atom is 0.335 e. The van der Waals surface area contributed by atoms with Crippen molar-refractivity contribution >= 4 is 46.2 Å². The second kappa shape index (κ2) is 13.7. The first kappa shape index (κ1) is 28.8. The normalized spacial score (nSPS) is 15.9. The van der Waals surface area contributed by atoms with E-state index in [1.165, 1.54) is 0 Å². The van der Waals surface area contributed by atoms with Crippen molar-refractivity contribution < 1.29 is 14.1 Å². The Balaban J connectivity index is 1.58. The number of carboxylic acids is 1. The molecule has 0 amide bonds. The zero-order chi connectivity index (χ0) is 27.8. The molecule has 39 heavy (non-hydrogen) atoms. The van der Waals surface area contributed by atoms with Gasteiger partial charge in [-0.15, -0.1) is 0 Å². The van der Waals surface area contributed by atoms with E-state index >= 15 is 0 Å². The standard InChI is InChI=1S/C30H29Cl2N3O3S/c1-2-3-17-39(38)34-25-6-4-5-21(9-14-25)10-16-29-33-28(26-15-13-24(31)18-27(26)32)20-35(29)19-22-7-11-23(12-8-22)30(36)37/h4-16,18,20,25,34H,2-3,17,19H2,1H3,(H,36,37)/b16-10+. The van der Waals surface area contributed by atoms with Crippen LogP contribution < -0.4 is 4.72 Å². The minimum atomic E-state index is -1.07. The summed E-state index contributed by atoms with van der Waals surface area (Å²) in [6.07, 6.45) is 17.6. The van der Waals surface area contributed by atoms with E-state index in [-0.39, 0.29) is 11.6 Å². The van der Waals surface area contributed by atoms with Gasteiger partial charge in [0.2, 0.25) is 0 Å². The quantitative estimate of drug-likeness (QED) is 0.253. The Morgan fingerprint density at radius 1 is 1.15 bits per heavy atom. The zero-order valence-corrected chi connectivity index (χ0v) is 23.7. The Labute approximate surface area is 241 Å². The van der Waals surface area contributed by atoms with Crippen LogP contribution >= 0.6 is 23.2 Å². The van der Waals surface area contributed by atoms with Crippen molar-refractivity contribution in [3.8, 4) is 11.3 Å². The molecule has 4 rings (SSSR count). The minimum absolute atomic E-state index is 0.112. The number of benzene rings is 2. The van der Waals surface area contributed by atoms with E-state index in [0.717, 1.165) is 29.5 Å². The smallest absolute Gasteiger partial charge is 0.335 e. The Morgan fingerprint density at radius 2 is 1.95 bits per heavy atom. The molecular weight excluding hydrogens is 553 g/mol. The number of carbonyl (C=O) groups is 1. The Bertz CT molecular complexity index is 1470. The van der Waals surface area contributed by atoms with Crippen molar-refractivity contribution in [2.75, 3.05) is 5.75 Å². The highest BCUT2D eigenvalue weighted by Crippen LogP contribution is 2.30. The molecule has 2 atom stereocenters. The minimum Gasteiger partial charge on any atom is -0.478 e. The summed E-state index contributed by atoms with van der Waals surface area (Å²) >= 11 is 12.6. The Kier molecular flexibility index (Phi) is 10.1. The second-order valence-electron chi connectivity index (χ2n) is 9.03. The number of nitrogens with zero attached hydrogens (tertiary/aromatic N) is 2. The number of rotatable bonds is 11. The lowest BCUT2D eigenvalue weighted by Crippen LogP contribution is -2.28.